The molecule has 0 aliphatic carbocycles. The van der Waals surface area contributed by atoms with Gasteiger partial charge in [-0.1, -0.05) is 0 Å². The van der Waals surface area contributed by atoms with E-state index in [-0.39, 0.29) is 38.5 Å². The van der Waals surface area contributed by atoms with Crippen LogP contribution in [0.3, 0.4) is 0 Å². The van der Waals surface area contributed by atoms with Crippen molar-refractivity contribution in [3.63, 3.8) is 0 Å². The summed E-state index contributed by atoms with van der Waals surface area (Å²) in [6, 6.07) is 2.10. The Balaban J connectivity index is 1.74. The summed E-state index contributed by atoms with van der Waals surface area (Å²) < 4.78 is 32.0. The third kappa shape index (κ3) is 3.39. The van der Waals surface area contributed by atoms with E-state index in [1.54, 1.807) is 0 Å². The Morgan fingerprint density at radius 1 is 0.917 bits per heavy atom. The van der Waals surface area contributed by atoms with Crippen molar-refractivity contribution in [3.05, 3.63) is 33.0 Å². The molecule has 1 fully saturated rings. The van der Waals surface area contributed by atoms with Gasteiger partial charge in [0.15, 0.2) is 34.9 Å². The minimum absolute atomic E-state index is 0.0110. The Bertz CT molecular complexity index is 1620. The molecule has 5 rings (SSSR count). The lowest BCUT2D eigenvalue weighted by Gasteiger charge is -2.40. The number of phenols is 2. The molecule has 1 aliphatic heterocycles. The predicted molar refractivity (Wildman–Crippen MR) is 120 cm³/mol. The Labute approximate surface area is 199 Å². The number of methoxy groups -OCH3 is 1. The van der Waals surface area contributed by atoms with Gasteiger partial charge >= 0.3 is 17.2 Å². The zero-order valence-corrected chi connectivity index (χ0v) is 19.0. The second-order valence-electron chi connectivity index (χ2n) is 8.32. The van der Waals surface area contributed by atoms with Crippen LogP contribution in [0.2, 0.25) is 0 Å². The van der Waals surface area contributed by atoms with Crippen LogP contribution in [-0.4, -0.2) is 64.2 Å². The number of rotatable bonds is 4. The molecule has 2 aromatic heterocycles. The molecule has 3 heterocycles. The molecule has 36 heavy (non-hydrogen) atoms. The summed E-state index contributed by atoms with van der Waals surface area (Å²) in [4.78, 5) is 37.0. The fourth-order valence-electron chi connectivity index (χ4n) is 4.41. The maximum Gasteiger partial charge on any atom is 0.344 e. The van der Waals surface area contributed by atoms with E-state index in [4.69, 9.17) is 27.8 Å². The minimum atomic E-state index is -1.72. The number of esters is 1. The lowest BCUT2D eigenvalue weighted by atomic mass is 9.99. The third-order valence-corrected chi connectivity index (χ3v) is 6.03. The number of benzene rings is 2. The summed E-state index contributed by atoms with van der Waals surface area (Å²) in [5, 5.41) is 41.7. The van der Waals surface area contributed by atoms with Crippen LogP contribution in [0.5, 0.6) is 23.0 Å². The normalized spacial score (nSPS) is 24.4. The van der Waals surface area contributed by atoms with Gasteiger partial charge in [-0.05, 0) is 19.1 Å². The summed E-state index contributed by atoms with van der Waals surface area (Å²) in [6.07, 6.45) is -7.11. The van der Waals surface area contributed by atoms with Crippen molar-refractivity contribution in [2.24, 2.45) is 0 Å². The van der Waals surface area contributed by atoms with Gasteiger partial charge in [-0.25, -0.2) is 9.59 Å². The van der Waals surface area contributed by atoms with Crippen LogP contribution in [0.25, 0.3) is 32.7 Å². The van der Waals surface area contributed by atoms with E-state index in [0.717, 1.165) is 19.1 Å². The van der Waals surface area contributed by atoms with Crippen LogP contribution in [0.1, 0.15) is 13.8 Å². The average Bonchev–Trinajstić information content (AvgIpc) is 2.81. The molecular formula is C23H20O13. The monoisotopic (exact) mass is 504 g/mol. The van der Waals surface area contributed by atoms with Gasteiger partial charge in [-0.2, -0.15) is 0 Å². The van der Waals surface area contributed by atoms with Gasteiger partial charge in [-0.15, -0.1) is 0 Å². The first-order chi connectivity index (χ1) is 17.0. The highest BCUT2D eigenvalue weighted by Crippen LogP contribution is 2.46. The van der Waals surface area contributed by atoms with Crippen molar-refractivity contribution in [2.45, 2.75) is 44.6 Å². The maximum absolute atomic E-state index is 12.8. The molecule has 1 aliphatic rings. The first-order valence-corrected chi connectivity index (χ1v) is 10.7. The summed E-state index contributed by atoms with van der Waals surface area (Å²) in [5.41, 5.74) is -2.52. The van der Waals surface area contributed by atoms with E-state index >= 15 is 0 Å². The van der Waals surface area contributed by atoms with E-state index in [2.05, 4.69) is 0 Å². The highest BCUT2D eigenvalue weighted by Gasteiger charge is 2.46. The van der Waals surface area contributed by atoms with Crippen molar-refractivity contribution >= 4 is 38.7 Å². The molecular weight excluding hydrogens is 484 g/mol. The number of aliphatic hydroxyl groups is 2. The first kappa shape index (κ1) is 23.7. The maximum atomic E-state index is 12.8. The number of aromatic hydroxyl groups is 2. The van der Waals surface area contributed by atoms with Gasteiger partial charge in [0.05, 0.1) is 24.0 Å². The Morgan fingerprint density at radius 2 is 1.44 bits per heavy atom. The zero-order chi connectivity index (χ0) is 26.0. The van der Waals surface area contributed by atoms with Crippen molar-refractivity contribution in [3.8, 4) is 23.0 Å². The largest absolute Gasteiger partial charge is 0.504 e. The molecule has 190 valence electrons. The smallest absolute Gasteiger partial charge is 0.344 e. The van der Waals surface area contributed by atoms with Crippen LogP contribution in [0, 0.1) is 0 Å². The van der Waals surface area contributed by atoms with Crippen LogP contribution in [-0.2, 0) is 14.3 Å². The molecule has 0 saturated carbocycles. The predicted octanol–water partition coefficient (Wildman–Crippen LogP) is 0.687. The van der Waals surface area contributed by atoms with Crippen molar-refractivity contribution in [1.82, 2.24) is 0 Å². The van der Waals surface area contributed by atoms with E-state index in [1.807, 2.05) is 0 Å². The SMILES string of the molecule is COc1c(O)cc2c(=O)oc3c(O[C@@H]4O[C@@H](C)[C@H](O)[C@@H](OC(C)=O)[C@H]4O)c(O)cc4c(=O)oc1c2c34. The van der Waals surface area contributed by atoms with Gasteiger partial charge in [0, 0.05) is 17.7 Å². The van der Waals surface area contributed by atoms with E-state index in [0.29, 0.717) is 0 Å². The molecule has 0 unspecified atom stereocenters. The Hall–Kier alpha value is -4.07. The minimum Gasteiger partial charge on any atom is -0.504 e. The van der Waals surface area contributed by atoms with E-state index in [1.165, 1.54) is 14.0 Å². The van der Waals surface area contributed by atoms with Crippen LogP contribution >= 0.6 is 0 Å². The molecule has 4 aromatic rings. The highest BCUT2D eigenvalue weighted by molar-refractivity contribution is 6.22. The van der Waals surface area contributed by atoms with Crippen LogP contribution in [0.4, 0.5) is 0 Å². The number of phenolic OH excluding ortho intramolecular Hbond substituents is 2. The van der Waals surface area contributed by atoms with Gasteiger partial charge in [0.25, 0.3) is 0 Å². The van der Waals surface area contributed by atoms with Gasteiger partial charge in [0.1, 0.15) is 6.10 Å². The summed E-state index contributed by atoms with van der Waals surface area (Å²) in [5.74, 6) is -2.59. The molecule has 4 N–H and O–H groups in total. The number of carbonyl (C=O) groups is 1. The fraction of sp³-hybridized carbons (Fsp3) is 0.348. The zero-order valence-electron chi connectivity index (χ0n) is 19.0. The number of hydrogen-bond donors (Lipinski definition) is 4. The number of aliphatic hydroxyl groups excluding tert-OH is 2. The molecule has 0 bridgehead atoms. The molecule has 5 atom stereocenters. The van der Waals surface area contributed by atoms with E-state index in [9.17, 15) is 34.8 Å². The second-order valence-corrected chi connectivity index (χ2v) is 8.32. The van der Waals surface area contributed by atoms with Crippen LogP contribution in [0.15, 0.2) is 30.6 Å². The summed E-state index contributed by atoms with van der Waals surface area (Å²) in [7, 11) is 1.23. The quantitative estimate of drug-likeness (QED) is 0.172. The van der Waals surface area contributed by atoms with Crippen molar-refractivity contribution in [1.29, 1.82) is 0 Å². The van der Waals surface area contributed by atoms with Gasteiger partial charge < -0.3 is 48.2 Å². The summed E-state index contributed by atoms with van der Waals surface area (Å²) in [6.45, 7) is 2.53. The molecule has 13 nitrogen and oxygen atoms in total. The van der Waals surface area contributed by atoms with Crippen molar-refractivity contribution < 1.29 is 53.0 Å². The third-order valence-electron chi connectivity index (χ3n) is 6.03. The van der Waals surface area contributed by atoms with Crippen LogP contribution < -0.4 is 20.7 Å². The average molecular weight is 504 g/mol. The molecule has 0 amide bonds. The number of carbonyl (C=O) groups excluding carboxylic acids is 1. The molecule has 0 spiro atoms. The lowest BCUT2D eigenvalue weighted by molar-refractivity contribution is -0.272. The highest BCUT2D eigenvalue weighted by atomic mass is 16.7. The molecule has 13 heteroatoms. The van der Waals surface area contributed by atoms with Crippen molar-refractivity contribution in [2.75, 3.05) is 7.11 Å². The Kier molecular flexibility index (Phi) is 5.43. The van der Waals surface area contributed by atoms with Gasteiger partial charge in [0.2, 0.25) is 17.8 Å². The second kappa shape index (κ2) is 8.26. The lowest BCUT2D eigenvalue weighted by Crippen LogP contribution is -2.59. The fourth-order valence-corrected chi connectivity index (χ4v) is 4.41. The topological polar surface area (TPSA) is 195 Å². The number of hydrogen-bond acceptors (Lipinski definition) is 13. The molecule has 0 radical (unpaired) electrons. The standard InChI is InChI=1S/C23H20O13/c1-6-14(27)20(33-7(2)24)15(28)23(32-6)36-17-11(26)5-9-13-12-8(22(30)35-19(13)17)4-10(25)16(31-3)18(12)34-21(9)29/h4-6,14-15,20,23,25-28H,1-3H3/t6-,14-,15+,20+,23-/m0/s1. The van der Waals surface area contributed by atoms with Gasteiger partial charge in [-0.3, -0.25) is 4.79 Å². The first-order valence-electron chi connectivity index (χ1n) is 10.7. The summed E-state index contributed by atoms with van der Waals surface area (Å²) >= 11 is 0. The molecule has 2 aromatic carbocycles. The molecule has 1 saturated heterocycles. The Morgan fingerprint density at radius 3 is 1.97 bits per heavy atom. The van der Waals surface area contributed by atoms with E-state index < -0.39 is 65.2 Å². The number of ether oxygens (including phenoxy) is 4.